The van der Waals surface area contributed by atoms with Crippen LogP contribution < -0.4 is 5.32 Å². The summed E-state index contributed by atoms with van der Waals surface area (Å²) in [6.07, 6.45) is 1.30. The zero-order chi connectivity index (χ0) is 13.2. The molecule has 0 bridgehead atoms. The van der Waals surface area contributed by atoms with Crippen molar-refractivity contribution in [3.8, 4) is 0 Å². The molecule has 2 nitrogen and oxygen atoms in total. The first kappa shape index (κ1) is 13.6. The first-order valence-corrected chi connectivity index (χ1v) is 7.02. The van der Waals surface area contributed by atoms with E-state index >= 15 is 0 Å². The molecule has 1 aromatic carbocycles. The number of benzene rings is 1. The highest BCUT2D eigenvalue weighted by Crippen LogP contribution is 2.32. The summed E-state index contributed by atoms with van der Waals surface area (Å²) in [5, 5.41) is 3.46. The number of likely N-dealkylation sites (tertiary alicyclic amines) is 1. The smallest absolute Gasteiger partial charge is 0.0320 e. The lowest BCUT2D eigenvalue weighted by atomic mass is 9.87. The van der Waals surface area contributed by atoms with E-state index in [9.17, 15) is 0 Å². The molecular formula is C16H26N2. The largest absolute Gasteiger partial charge is 0.314 e. The van der Waals surface area contributed by atoms with Crippen molar-refractivity contribution in [1.82, 2.24) is 10.2 Å². The van der Waals surface area contributed by atoms with Gasteiger partial charge in [-0.25, -0.2) is 0 Å². The normalized spacial score (nSPS) is 23.2. The van der Waals surface area contributed by atoms with Crippen LogP contribution in [0.2, 0.25) is 0 Å². The fraction of sp³-hybridized carbons (Fsp3) is 0.625. The Labute approximate surface area is 111 Å². The van der Waals surface area contributed by atoms with Crippen LogP contribution in [0.3, 0.4) is 0 Å². The minimum atomic E-state index is 0.241. The lowest BCUT2D eigenvalue weighted by Crippen LogP contribution is -2.45. The summed E-state index contributed by atoms with van der Waals surface area (Å²) >= 11 is 0. The summed E-state index contributed by atoms with van der Waals surface area (Å²) in [7, 11) is 2.07. The number of nitrogens with one attached hydrogen (secondary N) is 1. The Bertz CT molecular complexity index is 372. The lowest BCUT2D eigenvalue weighted by Gasteiger charge is -2.32. The van der Waals surface area contributed by atoms with Crippen LogP contribution in [0.1, 0.15) is 38.8 Å². The van der Waals surface area contributed by atoms with Crippen LogP contribution in [0, 0.1) is 5.92 Å². The summed E-state index contributed by atoms with van der Waals surface area (Å²) in [5.41, 5.74) is 1.67. The molecule has 1 aliphatic heterocycles. The standard InChI is InChI=1S/C16H26N2/c1-13(14-8-6-5-7-9-14)18-11-10-15(12-18)16(2,3)17-4/h5-9,13,15,17H,10-12H2,1-4H3/t13-,15-/m1/s1. The third-order valence-corrected chi connectivity index (χ3v) is 4.71. The van der Waals surface area contributed by atoms with Gasteiger partial charge in [-0.1, -0.05) is 30.3 Å². The van der Waals surface area contributed by atoms with E-state index in [-0.39, 0.29) is 5.54 Å². The number of rotatable bonds is 4. The van der Waals surface area contributed by atoms with Crippen LogP contribution in [0.15, 0.2) is 30.3 Å². The highest BCUT2D eigenvalue weighted by Gasteiger charge is 2.35. The van der Waals surface area contributed by atoms with Crippen LogP contribution in [-0.4, -0.2) is 30.6 Å². The quantitative estimate of drug-likeness (QED) is 0.878. The topological polar surface area (TPSA) is 15.3 Å². The van der Waals surface area contributed by atoms with E-state index in [1.165, 1.54) is 25.1 Å². The Hall–Kier alpha value is -0.860. The fourth-order valence-electron chi connectivity index (χ4n) is 2.87. The van der Waals surface area contributed by atoms with Gasteiger partial charge in [0.15, 0.2) is 0 Å². The molecule has 0 amide bonds. The summed E-state index contributed by atoms with van der Waals surface area (Å²) in [5.74, 6) is 0.744. The SMILES string of the molecule is CNC(C)(C)[C@@H]1CCN([C@H](C)c2ccccc2)C1. The molecule has 1 aromatic rings. The summed E-state index contributed by atoms with van der Waals surface area (Å²) in [6.45, 7) is 9.36. The van der Waals surface area contributed by atoms with Crippen molar-refractivity contribution in [3.05, 3.63) is 35.9 Å². The third kappa shape index (κ3) is 2.76. The molecule has 18 heavy (non-hydrogen) atoms. The number of nitrogens with zero attached hydrogens (tertiary/aromatic N) is 1. The molecule has 2 atom stereocenters. The molecule has 0 aromatic heterocycles. The second-order valence-corrected chi connectivity index (χ2v) is 6.04. The van der Waals surface area contributed by atoms with Crippen LogP contribution in [-0.2, 0) is 0 Å². The van der Waals surface area contributed by atoms with E-state index in [1.807, 2.05) is 0 Å². The summed E-state index contributed by atoms with van der Waals surface area (Å²) in [4.78, 5) is 2.61. The van der Waals surface area contributed by atoms with Gasteiger partial charge in [-0.15, -0.1) is 0 Å². The molecule has 0 saturated carbocycles. The number of hydrogen-bond acceptors (Lipinski definition) is 2. The average Bonchev–Trinajstić information content (AvgIpc) is 2.89. The van der Waals surface area contributed by atoms with E-state index < -0.39 is 0 Å². The van der Waals surface area contributed by atoms with Crippen molar-refractivity contribution in [1.29, 1.82) is 0 Å². The van der Waals surface area contributed by atoms with Gasteiger partial charge in [0.25, 0.3) is 0 Å². The van der Waals surface area contributed by atoms with Crippen LogP contribution in [0.25, 0.3) is 0 Å². The average molecular weight is 246 g/mol. The van der Waals surface area contributed by atoms with Gasteiger partial charge in [-0.3, -0.25) is 4.90 Å². The molecule has 1 saturated heterocycles. The van der Waals surface area contributed by atoms with Gasteiger partial charge < -0.3 is 5.32 Å². The van der Waals surface area contributed by atoms with Gasteiger partial charge in [-0.2, -0.15) is 0 Å². The fourth-order valence-corrected chi connectivity index (χ4v) is 2.87. The molecule has 100 valence electrons. The molecule has 1 heterocycles. The number of hydrogen-bond donors (Lipinski definition) is 1. The lowest BCUT2D eigenvalue weighted by molar-refractivity contribution is 0.217. The summed E-state index contributed by atoms with van der Waals surface area (Å²) in [6, 6.07) is 11.4. The van der Waals surface area contributed by atoms with E-state index in [1.54, 1.807) is 0 Å². The van der Waals surface area contributed by atoms with Crippen LogP contribution in [0.4, 0.5) is 0 Å². The van der Waals surface area contributed by atoms with Crippen LogP contribution >= 0.6 is 0 Å². The van der Waals surface area contributed by atoms with Gasteiger partial charge >= 0.3 is 0 Å². The molecular weight excluding hydrogens is 220 g/mol. The Morgan fingerprint density at radius 3 is 2.56 bits per heavy atom. The van der Waals surface area contributed by atoms with Gasteiger partial charge in [-0.05, 0) is 52.3 Å². The second kappa shape index (κ2) is 5.41. The van der Waals surface area contributed by atoms with E-state index in [0.29, 0.717) is 6.04 Å². The molecule has 1 N–H and O–H groups in total. The molecule has 0 spiro atoms. The minimum absolute atomic E-state index is 0.241. The van der Waals surface area contributed by atoms with Crippen molar-refractivity contribution in [3.63, 3.8) is 0 Å². The molecule has 1 fully saturated rings. The first-order valence-electron chi connectivity index (χ1n) is 7.02. The van der Waals surface area contributed by atoms with Crippen molar-refractivity contribution >= 4 is 0 Å². The maximum atomic E-state index is 3.46. The maximum Gasteiger partial charge on any atom is 0.0320 e. The van der Waals surface area contributed by atoms with E-state index in [4.69, 9.17) is 0 Å². The molecule has 0 unspecified atom stereocenters. The van der Waals surface area contributed by atoms with E-state index in [0.717, 1.165) is 5.92 Å². The highest BCUT2D eigenvalue weighted by atomic mass is 15.2. The molecule has 2 heteroatoms. The zero-order valence-corrected chi connectivity index (χ0v) is 12.1. The van der Waals surface area contributed by atoms with Crippen molar-refractivity contribution in [2.24, 2.45) is 5.92 Å². The Balaban J connectivity index is 2.01. The molecule has 1 aliphatic rings. The predicted molar refractivity (Wildman–Crippen MR) is 77.7 cm³/mol. The molecule has 2 rings (SSSR count). The van der Waals surface area contributed by atoms with E-state index in [2.05, 4.69) is 68.4 Å². The second-order valence-electron chi connectivity index (χ2n) is 6.04. The highest BCUT2D eigenvalue weighted by molar-refractivity contribution is 5.18. The first-order chi connectivity index (χ1) is 8.54. The van der Waals surface area contributed by atoms with Gasteiger partial charge in [0.2, 0.25) is 0 Å². The van der Waals surface area contributed by atoms with Gasteiger partial charge in [0.1, 0.15) is 0 Å². The maximum absolute atomic E-state index is 3.46. The molecule has 0 aliphatic carbocycles. The van der Waals surface area contributed by atoms with Gasteiger partial charge in [0, 0.05) is 18.1 Å². The van der Waals surface area contributed by atoms with Crippen molar-refractivity contribution in [2.45, 2.75) is 38.8 Å². The zero-order valence-electron chi connectivity index (χ0n) is 12.1. The third-order valence-electron chi connectivity index (χ3n) is 4.71. The monoisotopic (exact) mass is 246 g/mol. The Morgan fingerprint density at radius 2 is 1.94 bits per heavy atom. The van der Waals surface area contributed by atoms with Crippen molar-refractivity contribution in [2.75, 3.05) is 20.1 Å². The van der Waals surface area contributed by atoms with Crippen LogP contribution in [0.5, 0.6) is 0 Å². The molecule has 0 radical (unpaired) electrons. The summed E-state index contributed by atoms with van der Waals surface area (Å²) < 4.78 is 0. The van der Waals surface area contributed by atoms with Crippen molar-refractivity contribution < 1.29 is 0 Å². The Kier molecular flexibility index (Phi) is 4.08. The predicted octanol–water partition coefficient (Wildman–Crippen LogP) is 3.07. The van der Waals surface area contributed by atoms with Gasteiger partial charge in [0.05, 0.1) is 0 Å². The Morgan fingerprint density at radius 1 is 1.28 bits per heavy atom. The minimum Gasteiger partial charge on any atom is -0.314 e.